The van der Waals surface area contributed by atoms with E-state index in [4.69, 9.17) is 9.26 Å². The van der Waals surface area contributed by atoms with Gasteiger partial charge in [0, 0.05) is 12.5 Å². The molecule has 1 saturated heterocycles. The Hall–Kier alpha value is -1.95. The molecule has 1 fully saturated rings. The summed E-state index contributed by atoms with van der Waals surface area (Å²) in [6.45, 7) is 1.84. The summed E-state index contributed by atoms with van der Waals surface area (Å²) in [5.74, 6) is 0.973. The fourth-order valence-corrected chi connectivity index (χ4v) is 2.46. The Morgan fingerprint density at radius 1 is 1.45 bits per heavy atom. The quantitative estimate of drug-likeness (QED) is 0.933. The van der Waals surface area contributed by atoms with Crippen molar-refractivity contribution in [1.29, 1.82) is 0 Å². The molecule has 2 aromatic rings. The lowest BCUT2D eigenvalue weighted by Gasteiger charge is -2.19. The maximum atomic E-state index is 14.0. The molecule has 6 heteroatoms. The van der Waals surface area contributed by atoms with E-state index >= 15 is 0 Å². The minimum Gasteiger partial charge on any atom is -0.496 e. The van der Waals surface area contributed by atoms with Crippen LogP contribution < -0.4 is 10.1 Å². The monoisotopic (exact) mass is 277 g/mol. The normalized spacial score (nSPS) is 19.0. The summed E-state index contributed by atoms with van der Waals surface area (Å²) in [5.41, 5.74) is 0.220. The van der Waals surface area contributed by atoms with Gasteiger partial charge < -0.3 is 14.6 Å². The summed E-state index contributed by atoms with van der Waals surface area (Å²) in [6, 6.07) is 4.61. The predicted octanol–water partition coefficient (Wildman–Crippen LogP) is 2.35. The molecule has 106 valence electrons. The van der Waals surface area contributed by atoms with Crippen LogP contribution in [0.2, 0.25) is 0 Å². The number of aromatic nitrogens is 2. The summed E-state index contributed by atoms with van der Waals surface area (Å²) in [4.78, 5) is 4.34. The summed E-state index contributed by atoms with van der Waals surface area (Å²) in [5, 5.41) is 7.28. The van der Waals surface area contributed by atoms with Crippen molar-refractivity contribution in [1.82, 2.24) is 15.5 Å². The topological polar surface area (TPSA) is 60.2 Å². The summed E-state index contributed by atoms with van der Waals surface area (Å²) >= 11 is 0. The van der Waals surface area contributed by atoms with Crippen LogP contribution in [0.3, 0.4) is 0 Å². The molecule has 5 nitrogen and oxygen atoms in total. The van der Waals surface area contributed by atoms with E-state index in [2.05, 4.69) is 15.5 Å². The van der Waals surface area contributed by atoms with E-state index in [1.807, 2.05) is 0 Å². The van der Waals surface area contributed by atoms with Crippen molar-refractivity contribution < 1.29 is 13.7 Å². The van der Waals surface area contributed by atoms with Gasteiger partial charge in [0.25, 0.3) is 5.89 Å². The average Bonchev–Trinajstić information content (AvgIpc) is 2.97. The van der Waals surface area contributed by atoms with Crippen LogP contribution in [0.5, 0.6) is 5.75 Å². The predicted molar refractivity (Wildman–Crippen MR) is 71.1 cm³/mol. The smallest absolute Gasteiger partial charge is 0.264 e. The number of ether oxygens (including phenoxy) is 1. The highest BCUT2D eigenvalue weighted by Crippen LogP contribution is 2.32. The van der Waals surface area contributed by atoms with Crippen LogP contribution in [0.25, 0.3) is 11.5 Å². The van der Waals surface area contributed by atoms with Crippen LogP contribution in [-0.4, -0.2) is 30.3 Å². The second-order valence-electron chi connectivity index (χ2n) is 4.82. The van der Waals surface area contributed by atoms with Crippen molar-refractivity contribution in [3.8, 4) is 17.2 Å². The molecule has 1 aliphatic heterocycles. The molecule has 1 N–H and O–H groups in total. The number of hydrogen-bond acceptors (Lipinski definition) is 5. The molecule has 1 aromatic carbocycles. The van der Waals surface area contributed by atoms with Crippen molar-refractivity contribution in [2.75, 3.05) is 20.2 Å². The lowest BCUT2D eigenvalue weighted by molar-refractivity contribution is 0.385. The first-order chi connectivity index (χ1) is 9.79. The van der Waals surface area contributed by atoms with E-state index in [9.17, 15) is 4.39 Å². The van der Waals surface area contributed by atoms with Crippen molar-refractivity contribution in [2.24, 2.45) is 0 Å². The molecular formula is C14H16FN3O2. The number of nitrogens with zero attached hydrogens (tertiary/aromatic N) is 2. The minimum absolute atomic E-state index is 0.167. The molecule has 1 atom stereocenters. The third-order valence-corrected chi connectivity index (χ3v) is 3.51. The molecule has 2 heterocycles. The molecule has 0 bridgehead atoms. The van der Waals surface area contributed by atoms with Gasteiger partial charge in [-0.25, -0.2) is 4.39 Å². The molecule has 20 heavy (non-hydrogen) atoms. The number of halogens is 1. The zero-order chi connectivity index (χ0) is 13.9. The second-order valence-corrected chi connectivity index (χ2v) is 4.82. The van der Waals surface area contributed by atoms with Crippen molar-refractivity contribution >= 4 is 0 Å². The molecular weight excluding hydrogens is 261 g/mol. The Bertz CT molecular complexity index is 594. The zero-order valence-electron chi connectivity index (χ0n) is 11.2. The van der Waals surface area contributed by atoms with E-state index in [1.165, 1.54) is 13.2 Å². The first-order valence-corrected chi connectivity index (χ1v) is 6.67. The number of rotatable bonds is 3. The van der Waals surface area contributed by atoms with Crippen molar-refractivity contribution in [3.05, 3.63) is 29.8 Å². The summed E-state index contributed by atoms with van der Waals surface area (Å²) in [7, 11) is 1.49. The Kier molecular flexibility index (Phi) is 3.64. The van der Waals surface area contributed by atoms with Crippen LogP contribution in [-0.2, 0) is 0 Å². The summed E-state index contributed by atoms with van der Waals surface area (Å²) in [6.07, 6.45) is 2.10. The third-order valence-electron chi connectivity index (χ3n) is 3.51. The van der Waals surface area contributed by atoms with Gasteiger partial charge in [0.15, 0.2) is 5.82 Å². The lowest BCUT2D eigenvalue weighted by Crippen LogP contribution is -2.28. The molecule has 0 radical (unpaired) electrons. The van der Waals surface area contributed by atoms with Crippen LogP contribution in [0.1, 0.15) is 24.6 Å². The van der Waals surface area contributed by atoms with Gasteiger partial charge in [-0.1, -0.05) is 11.2 Å². The van der Waals surface area contributed by atoms with Gasteiger partial charge in [-0.05, 0) is 31.5 Å². The molecule has 0 spiro atoms. The Balaban J connectivity index is 1.93. The van der Waals surface area contributed by atoms with E-state index in [0.29, 0.717) is 11.6 Å². The van der Waals surface area contributed by atoms with Crippen LogP contribution in [0.4, 0.5) is 4.39 Å². The third kappa shape index (κ3) is 2.38. The fraction of sp³-hybridized carbons (Fsp3) is 0.429. The van der Waals surface area contributed by atoms with E-state index < -0.39 is 5.82 Å². The van der Waals surface area contributed by atoms with Gasteiger partial charge in [-0.15, -0.1) is 0 Å². The SMILES string of the molecule is COc1cccc(F)c1-c1nc(C2CCCNC2)no1. The van der Waals surface area contributed by atoms with Gasteiger partial charge in [0.1, 0.15) is 17.1 Å². The minimum atomic E-state index is -0.429. The molecule has 3 rings (SSSR count). The fourth-order valence-electron chi connectivity index (χ4n) is 2.46. The largest absolute Gasteiger partial charge is 0.496 e. The van der Waals surface area contributed by atoms with Gasteiger partial charge in [-0.2, -0.15) is 4.98 Å². The number of piperidine rings is 1. The molecule has 0 saturated carbocycles. The number of hydrogen-bond donors (Lipinski definition) is 1. The second kappa shape index (κ2) is 5.58. The van der Waals surface area contributed by atoms with Gasteiger partial charge in [0.2, 0.25) is 0 Å². The van der Waals surface area contributed by atoms with Crippen LogP contribution in [0.15, 0.2) is 22.7 Å². The first-order valence-electron chi connectivity index (χ1n) is 6.67. The van der Waals surface area contributed by atoms with Crippen LogP contribution in [0, 0.1) is 5.82 Å². The highest BCUT2D eigenvalue weighted by Gasteiger charge is 2.23. The molecule has 1 aliphatic rings. The number of methoxy groups -OCH3 is 1. The van der Waals surface area contributed by atoms with Crippen molar-refractivity contribution in [2.45, 2.75) is 18.8 Å². The van der Waals surface area contributed by atoms with Gasteiger partial charge in [-0.3, -0.25) is 0 Å². The highest BCUT2D eigenvalue weighted by atomic mass is 19.1. The Morgan fingerprint density at radius 3 is 3.10 bits per heavy atom. The Labute approximate surface area is 116 Å². The Morgan fingerprint density at radius 2 is 2.35 bits per heavy atom. The molecule has 0 amide bonds. The van der Waals surface area contributed by atoms with E-state index in [-0.39, 0.29) is 17.4 Å². The number of benzene rings is 1. The molecule has 1 aromatic heterocycles. The molecule has 0 aliphatic carbocycles. The van der Waals surface area contributed by atoms with Crippen molar-refractivity contribution in [3.63, 3.8) is 0 Å². The maximum absolute atomic E-state index is 14.0. The highest BCUT2D eigenvalue weighted by molar-refractivity contribution is 5.63. The standard InChI is InChI=1S/C14H16FN3O2/c1-19-11-6-2-5-10(15)12(11)14-17-13(18-20-14)9-4-3-7-16-8-9/h2,5-6,9,16H,3-4,7-8H2,1H3. The van der Waals surface area contributed by atoms with E-state index in [0.717, 1.165) is 25.9 Å². The number of nitrogens with one attached hydrogen (secondary N) is 1. The molecule has 1 unspecified atom stereocenters. The lowest BCUT2D eigenvalue weighted by atomic mass is 9.99. The first kappa shape index (κ1) is 13.1. The van der Waals surface area contributed by atoms with Gasteiger partial charge in [0.05, 0.1) is 7.11 Å². The maximum Gasteiger partial charge on any atom is 0.264 e. The van der Waals surface area contributed by atoms with Crippen LogP contribution >= 0.6 is 0 Å². The zero-order valence-corrected chi connectivity index (χ0v) is 11.2. The average molecular weight is 277 g/mol. The summed E-state index contributed by atoms with van der Waals surface area (Å²) < 4.78 is 24.3. The van der Waals surface area contributed by atoms with Gasteiger partial charge >= 0.3 is 0 Å². The van der Waals surface area contributed by atoms with E-state index in [1.54, 1.807) is 12.1 Å².